The summed E-state index contributed by atoms with van der Waals surface area (Å²) >= 11 is 3.25. The Morgan fingerprint density at radius 3 is 2.53 bits per heavy atom. The van der Waals surface area contributed by atoms with E-state index in [1.165, 1.54) is 6.07 Å². The Morgan fingerprint density at radius 1 is 1.27 bits per heavy atom. The van der Waals surface area contributed by atoms with Gasteiger partial charge < -0.3 is 4.98 Å². The molecule has 5 heteroatoms. The van der Waals surface area contributed by atoms with Gasteiger partial charge in [0.05, 0.1) is 11.1 Å². The van der Waals surface area contributed by atoms with Crippen molar-refractivity contribution in [3.8, 4) is 0 Å². The summed E-state index contributed by atoms with van der Waals surface area (Å²) in [6.45, 7) is 1.73. The molecule has 0 radical (unpaired) electrons. The molecule has 1 aromatic carbocycles. The zero-order chi connectivity index (χ0) is 11.2. The Morgan fingerprint density at radius 2 is 1.93 bits per heavy atom. The fourth-order valence-corrected chi connectivity index (χ4v) is 1.98. The first-order valence-corrected chi connectivity index (χ1v) is 5.04. The molecule has 0 aliphatic rings. The van der Waals surface area contributed by atoms with Gasteiger partial charge in [-0.15, -0.1) is 0 Å². The molecule has 0 amide bonds. The predicted molar refractivity (Wildman–Crippen MR) is 55.7 cm³/mol. The molecule has 1 heterocycles. The number of aromatic nitrogens is 1. The molecule has 0 aliphatic carbocycles. The highest BCUT2D eigenvalue weighted by Gasteiger charge is 2.33. The largest absolute Gasteiger partial charge is 0.418 e. The van der Waals surface area contributed by atoms with Gasteiger partial charge in [0.1, 0.15) is 0 Å². The van der Waals surface area contributed by atoms with Crippen molar-refractivity contribution in [2.45, 2.75) is 13.1 Å². The molecule has 2 aromatic rings. The topological polar surface area (TPSA) is 15.8 Å². The maximum absolute atomic E-state index is 12.6. The van der Waals surface area contributed by atoms with Gasteiger partial charge in [-0.3, -0.25) is 0 Å². The van der Waals surface area contributed by atoms with Crippen LogP contribution in [0.5, 0.6) is 0 Å². The van der Waals surface area contributed by atoms with Gasteiger partial charge in [0.15, 0.2) is 0 Å². The number of H-pyrrole nitrogens is 1. The number of aromatic amines is 1. The van der Waals surface area contributed by atoms with E-state index in [-0.39, 0.29) is 5.52 Å². The lowest BCUT2D eigenvalue weighted by molar-refractivity contribution is -0.136. The van der Waals surface area contributed by atoms with Gasteiger partial charge in [0.2, 0.25) is 0 Å². The van der Waals surface area contributed by atoms with E-state index in [4.69, 9.17) is 0 Å². The number of benzene rings is 1. The maximum atomic E-state index is 12.6. The molecular formula is C10H7BrF3N. The van der Waals surface area contributed by atoms with Crippen molar-refractivity contribution in [2.75, 3.05) is 0 Å². The Hall–Kier alpha value is -0.970. The third-order valence-electron chi connectivity index (χ3n) is 2.25. The number of para-hydroxylation sites is 1. The number of nitrogens with one attached hydrogen (secondary N) is 1. The number of aryl methyl sites for hydroxylation is 1. The van der Waals surface area contributed by atoms with Crippen molar-refractivity contribution < 1.29 is 13.2 Å². The van der Waals surface area contributed by atoms with Crippen LogP contribution in [0.15, 0.2) is 22.7 Å². The van der Waals surface area contributed by atoms with Crippen LogP contribution in [0, 0.1) is 6.92 Å². The summed E-state index contributed by atoms with van der Waals surface area (Å²) in [6, 6.07) is 4.13. The summed E-state index contributed by atoms with van der Waals surface area (Å²) in [5.74, 6) is 0. The molecule has 1 aromatic heterocycles. The van der Waals surface area contributed by atoms with Crippen molar-refractivity contribution in [1.82, 2.24) is 4.98 Å². The number of rotatable bonds is 0. The van der Waals surface area contributed by atoms with Crippen LogP contribution in [-0.4, -0.2) is 4.98 Å². The second-order valence-corrected chi connectivity index (χ2v) is 4.08. The second-order valence-electron chi connectivity index (χ2n) is 3.29. The van der Waals surface area contributed by atoms with Crippen LogP contribution in [0.25, 0.3) is 10.9 Å². The van der Waals surface area contributed by atoms with Crippen LogP contribution in [0.2, 0.25) is 0 Å². The molecule has 0 spiro atoms. The lowest BCUT2D eigenvalue weighted by atomic mass is 10.1. The average molecular weight is 278 g/mol. The van der Waals surface area contributed by atoms with E-state index in [0.29, 0.717) is 15.6 Å². The molecule has 15 heavy (non-hydrogen) atoms. The smallest absolute Gasteiger partial charge is 0.357 e. The minimum absolute atomic E-state index is 0.134. The Bertz CT molecular complexity index is 513. The van der Waals surface area contributed by atoms with Gasteiger partial charge >= 0.3 is 6.18 Å². The van der Waals surface area contributed by atoms with Crippen LogP contribution in [0.4, 0.5) is 13.2 Å². The molecule has 0 bridgehead atoms. The van der Waals surface area contributed by atoms with E-state index in [1.807, 2.05) is 0 Å². The van der Waals surface area contributed by atoms with E-state index in [2.05, 4.69) is 20.9 Å². The Labute approximate surface area is 92.4 Å². The Kier molecular flexibility index (Phi) is 2.30. The van der Waals surface area contributed by atoms with Crippen molar-refractivity contribution >= 4 is 26.8 Å². The number of hydrogen-bond acceptors (Lipinski definition) is 0. The number of hydrogen-bond donors (Lipinski definition) is 1. The van der Waals surface area contributed by atoms with Gasteiger partial charge in [-0.2, -0.15) is 13.2 Å². The molecule has 80 valence electrons. The van der Waals surface area contributed by atoms with E-state index in [1.54, 1.807) is 13.0 Å². The molecule has 0 aliphatic heterocycles. The zero-order valence-corrected chi connectivity index (χ0v) is 9.33. The summed E-state index contributed by atoms with van der Waals surface area (Å²) in [5.41, 5.74) is 0.199. The van der Waals surface area contributed by atoms with Crippen LogP contribution in [-0.2, 0) is 6.18 Å². The third-order valence-corrected chi connectivity index (χ3v) is 3.27. The van der Waals surface area contributed by atoms with E-state index in [9.17, 15) is 13.2 Å². The summed E-state index contributed by atoms with van der Waals surface area (Å²) in [4.78, 5) is 2.74. The maximum Gasteiger partial charge on any atom is 0.418 e. The van der Waals surface area contributed by atoms with Crippen LogP contribution >= 0.6 is 15.9 Å². The minimum Gasteiger partial charge on any atom is -0.357 e. The fourth-order valence-electron chi connectivity index (χ4n) is 1.55. The van der Waals surface area contributed by atoms with Crippen molar-refractivity contribution in [1.29, 1.82) is 0 Å². The summed E-state index contributed by atoms with van der Waals surface area (Å²) < 4.78 is 38.6. The van der Waals surface area contributed by atoms with Crippen LogP contribution in [0.1, 0.15) is 11.3 Å². The summed E-state index contributed by atoms with van der Waals surface area (Å²) in [5, 5.41) is 0.558. The highest BCUT2D eigenvalue weighted by molar-refractivity contribution is 9.10. The monoisotopic (exact) mass is 277 g/mol. The fraction of sp³-hybridized carbons (Fsp3) is 0.200. The number of alkyl halides is 3. The number of halogens is 4. The Balaban J connectivity index is 2.83. The van der Waals surface area contributed by atoms with Crippen LogP contribution in [0.3, 0.4) is 0 Å². The molecular weight excluding hydrogens is 271 g/mol. The van der Waals surface area contributed by atoms with Crippen molar-refractivity contribution in [3.63, 3.8) is 0 Å². The first-order chi connectivity index (χ1) is 6.91. The standard InChI is InChI=1S/C10H7BrF3N/c1-5-8(11)6-3-2-4-7(9(6)15-5)10(12,13)14/h2-4,15H,1H3. The normalized spacial score (nSPS) is 12.3. The highest BCUT2D eigenvalue weighted by Crippen LogP contribution is 2.37. The van der Waals surface area contributed by atoms with Crippen molar-refractivity contribution in [3.05, 3.63) is 33.9 Å². The van der Waals surface area contributed by atoms with E-state index in [0.717, 1.165) is 6.07 Å². The summed E-state index contributed by atoms with van der Waals surface area (Å²) in [6.07, 6.45) is -4.32. The van der Waals surface area contributed by atoms with Gasteiger partial charge in [-0.05, 0) is 28.9 Å². The highest BCUT2D eigenvalue weighted by atomic mass is 79.9. The molecule has 1 nitrogen and oxygen atoms in total. The molecule has 0 unspecified atom stereocenters. The number of fused-ring (bicyclic) bond motifs is 1. The van der Waals surface area contributed by atoms with Crippen LogP contribution < -0.4 is 0 Å². The van der Waals surface area contributed by atoms with Gasteiger partial charge in [-0.1, -0.05) is 12.1 Å². The first-order valence-electron chi connectivity index (χ1n) is 4.25. The lowest BCUT2D eigenvalue weighted by Crippen LogP contribution is -2.05. The molecule has 0 atom stereocenters. The molecule has 0 fully saturated rings. The average Bonchev–Trinajstić information content (AvgIpc) is 2.41. The molecule has 2 rings (SSSR count). The van der Waals surface area contributed by atoms with Gasteiger partial charge in [-0.25, -0.2) is 0 Å². The van der Waals surface area contributed by atoms with Crippen molar-refractivity contribution in [2.24, 2.45) is 0 Å². The van der Waals surface area contributed by atoms with Gasteiger partial charge in [0.25, 0.3) is 0 Å². The molecule has 1 N–H and O–H groups in total. The van der Waals surface area contributed by atoms with Gasteiger partial charge in [0, 0.05) is 15.6 Å². The zero-order valence-electron chi connectivity index (χ0n) is 7.74. The predicted octanol–water partition coefficient (Wildman–Crippen LogP) is 4.26. The first kappa shape index (κ1) is 10.5. The third kappa shape index (κ3) is 1.65. The minimum atomic E-state index is -4.32. The van der Waals surface area contributed by atoms with E-state index >= 15 is 0 Å². The second kappa shape index (κ2) is 3.27. The molecule has 0 saturated heterocycles. The summed E-state index contributed by atoms with van der Waals surface area (Å²) in [7, 11) is 0. The molecule has 0 saturated carbocycles. The quantitative estimate of drug-likeness (QED) is 0.741. The SMILES string of the molecule is Cc1[nH]c2c(C(F)(F)F)cccc2c1Br. The van der Waals surface area contributed by atoms with E-state index < -0.39 is 11.7 Å². The lowest BCUT2D eigenvalue weighted by Gasteiger charge is -2.07.